The lowest BCUT2D eigenvalue weighted by molar-refractivity contribution is -0.144. The van der Waals surface area contributed by atoms with Crippen LogP contribution in [0.3, 0.4) is 0 Å². The van der Waals surface area contributed by atoms with Crippen molar-refractivity contribution in [3.63, 3.8) is 0 Å². The minimum Gasteiger partial charge on any atom is -0.480 e. The molecule has 2 aliphatic rings. The molecule has 1 aromatic rings. The van der Waals surface area contributed by atoms with Crippen LogP contribution in [0, 0.1) is 0 Å². The average molecular weight is 354 g/mol. The van der Waals surface area contributed by atoms with Gasteiger partial charge in [-0.1, -0.05) is 19.3 Å². The van der Waals surface area contributed by atoms with E-state index in [0.29, 0.717) is 24.3 Å². The zero-order valence-corrected chi connectivity index (χ0v) is 14.8. The number of rotatable bonds is 4. The van der Waals surface area contributed by atoms with Gasteiger partial charge < -0.3 is 10.4 Å². The SMILES string of the molecule is O=C(NC1(C(=O)O)CCSCC1)c1csc(C2CCCCC2)c1. The van der Waals surface area contributed by atoms with E-state index >= 15 is 0 Å². The quantitative estimate of drug-likeness (QED) is 0.862. The van der Waals surface area contributed by atoms with Gasteiger partial charge in [0, 0.05) is 10.3 Å². The van der Waals surface area contributed by atoms with E-state index in [1.54, 1.807) is 23.1 Å². The first-order valence-corrected chi connectivity index (χ1v) is 10.4. The molecule has 0 aromatic carbocycles. The fourth-order valence-corrected chi connectivity index (χ4v) is 5.73. The Kier molecular flexibility index (Phi) is 5.31. The van der Waals surface area contributed by atoms with Gasteiger partial charge in [-0.25, -0.2) is 4.79 Å². The Hall–Kier alpha value is -1.01. The highest BCUT2D eigenvalue weighted by atomic mass is 32.2. The number of thioether (sulfide) groups is 1. The van der Waals surface area contributed by atoms with Gasteiger partial charge >= 0.3 is 5.97 Å². The second kappa shape index (κ2) is 7.26. The van der Waals surface area contributed by atoms with Crippen molar-refractivity contribution in [1.29, 1.82) is 0 Å². The van der Waals surface area contributed by atoms with E-state index in [1.165, 1.54) is 37.0 Å². The van der Waals surface area contributed by atoms with Crippen molar-refractivity contribution in [2.75, 3.05) is 11.5 Å². The topological polar surface area (TPSA) is 66.4 Å². The third-order valence-electron chi connectivity index (χ3n) is 5.00. The third-order valence-corrected chi connectivity index (χ3v) is 7.08. The van der Waals surface area contributed by atoms with Crippen LogP contribution in [0.1, 0.15) is 66.1 Å². The molecule has 3 rings (SSSR count). The van der Waals surface area contributed by atoms with Crippen LogP contribution in [-0.2, 0) is 4.79 Å². The Morgan fingerprint density at radius 2 is 1.87 bits per heavy atom. The predicted octanol–water partition coefficient (Wildman–Crippen LogP) is 3.88. The van der Waals surface area contributed by atoms with Crippen molar-refractivity contribution in [1.82, 2.24) is 5.32 Å². The highest BCUT2D eigenvalue weighted by Gasteiger charge is 2.41. The summed E-state index contributed by atoms with van der Waals surface area (Å²) >= 11 is 3.39. The number of nitrogens with one attached hydrogen (secondary N) is 1. The van der Waals surface area contributed by atoms with Gasteiger partial charge in [-0.3, -0.25) is 4.79 Å². The summed E-state index contributed by atoms with van der Waals surface area (Å²) in [5.74, 6) is 0.994. The average Bonchev–Trinajstić information content (AvgIpc) is 3.06. The van der Waals surface area contributed by atoms with Crippen LogP contribution in [0.2, 0.25) is 0 Å². The van der Waals surface area contributed by atoms with E-state index in [9.17, 15) is 14.7 Å². The number of carbonyl (C=O) groups excluding carboxylic acids is 1. The molecule has 0 atom stereocenters. The molecule has 1 saturated carbocycles. The fraction of sp³-hybridized carbons (Fsp3) is 0.647. The molecule has 1 aromatic heterocycles. The molecule has 4 nitrogen and oxygen atoms in total. The number of carbonyl (C=O) groups is 2. The minimum absolute atomic E-state index is 0.238. The van der Waals surface area contributed by atoms with Crippen molar-refractivity contribution < 1.29 is 14.7 Å². The summed E-state index contributed by atoms with van der Waals surface area (Å²) in [5, 5.41) is 14.3. The second-order valence-corrected chi connectivity index (χ2v) is 8.69. The van der Waals surface area contributed by atoms with Crippen LogP contribution in [-0.4, -0.2) is 34.0 Å². The summed E-state index contributed by atoms with van der Waals surface area (Å²) in [6.07, 6.45) is 7.26. The minimum atomic E-state index is -1.09. The molecule has 1 aliphatic heterocycles. The maximum Gasteiger partial charge on any atom is 0.329 e. The Balaban J connectivity index is 1.70. The molecule has 2 fully saturated rings. The summed E-state index contributed by atoms with van der Waals surface area (Å²) in [4.78, 5) is 25.5. The smallest absolute Gasteiger partial charge is 0.329 e. The molecule has 0 radical (unpaired) electrons. The number of aliphatic carboxylic acids is 1. The molecule has 6 heteroatoms. The maximum absolute atomic E-state index is 12.5. The van der Waals surface area contributed by atoms with Crippen molar-refractivity contribution in [3.05, 3.63) is 21.9 Å². The molecule has 0 spiro atoms. The van der Waals surface area contributed by atoms with Gasteiger partial charge in [0.05, 0.1) is 5.56 Å². The summed E-state index contributed by atoms with van der Waals surface area (Å²) in [6, 6.07) is 1.98. The lowest BCUT2D eigenvalue weighted by atomic mass is 9.88. The molecule has 1 aliphatic carbocycles. The van der Waals surface area contributed by atoms with Crippen molar-refractivity contribution in [2.24, 2.45) is 0 Å². The Morgan fingerprint density at radius 1 is 1.17 bits per heavy atom. The molecule has 0 unspecified atom stereocenters. The zero-order chi connectivity index (χ0) is 16.3. The Morgan fingerprint density at radius 3 is 2.52 bits per heavy atom. The Labute approximate surface area is 145 Å². The number of amides is 1. The predicted molar refractivity (Wildman–Crippen MR) is 94.5 cm³/mol. The molecule has 1 saturated heterocycles. The summed E-state index contributed by atoms with van der Waals surface area (Å²) < 4.78 is 0. The van der Waals surface area contributed by atoms with Gasteiger partial charge in [-0.05, 0) is 49.2 Å². The first-order chi connectivity index (χ1) is 11.1. The van der Waals surface area contributed by atoms with Crippen molar-refractivity contribution >= 4 is 35.0 Å². The number of thiophene rings is 1. The van der Waals surface area contributed by atoms with Crippen LogP contribution in [0.4, 0.5) is 0 Å². The molecule has 0 bridgehead atoms. The number of carboxylic acid groups (broad SMARTS) is 1. The van der Waals surface area contributed by atoms with Gasteiger partial charge in [0.25, 0.3) is 5.91 Å². The van der Waals surface area contributed by atoms with Gasteiger partial charge in [0.2, 0.25) is 0 Å². The van der Waals surface area contributed by atoms with Crippen LogP contribution in [0.15, 0.2) is 11.4 Å². The van der Waals surface area contributed by atoms with Crippen LogP contribution in [0.25, 0.3) is 0 Å². The normalized spacial score (nSPS) is 21.7. The van der Waals surface area contributed by atoms with Crippen LogP contribution < -0.4 is 5.32 Å². The van der Waals surface area contributed by atoms with E-state index in [2.05, 4.69) is 5.32 Å². The molecular formula is C17H23NO3S2. The Bertz CT molecular complexity index is 572. The van der Waals surface area contributed by atoms with E-state index in [1.807, 2.05) is 11.4 Å². The summed E-state index contributed by atoms with van der Waals surface area (Å²) in [6.45, 7) is 0. The van der Waals surface area contributed by atoms with Crippen LogP contribution in [0.5, 0.6) is 0 Å². The largest absolute Gasteiger partial charge is 0.480 e. The number of hydrogen-bond acceptors (Lipinski definition) is 4. The lowest BCUT2D eigenvalue weighted by Crippen LogP contribution is -2.56. The molecule has 2 N–H and O–H groups in total. The molecule has 1 amide bonds. The summed E-state index contributed by atoms with van der Waals surface area (Å²) in [7, 11) is 0. The molecule has 23 heavy (non-hydrogen) atoms. The molecule has 126 valence electrons. The van der Waals surface area contributed by atoms with Crippen molar-refractivity contribution in [3.8, 4) is 0 Å². The summed E-state index contributed by atoms with van der Waals surface area (Å²) in [5.41, 5.74) is -0.468. The first-order valence-electron chi connectivity index (χ1n) is 8.33. The second-order valence-electron chi connectivity index (χ2n) is 6.53. The van der Waals surface area contributed by atoms with E-state index in [-0.39, 0.29) is 5.91 Å². The van der Waals surface area contributed by atoms with Gasteiger partial charge in [0.1, 0.15) is 5.54 Å². The van der Waals surface area contributed by atoms with E-state index in [0.717, 1.165) is 11.5 Å². The maximum atomic E-state index is 12.5. The van der Waals surface area contributed by atoms with E-state index < -0.39 is 11.5 Å². The highest BCUT2D eigenvalue weighted by Crippen LogP contribution is 2.36. The van der Waals surface area contributed by atoms with Crippen LogP contribution >= 0.6 is 23.1 Å². The fourth-order valence-electron chi connectivity index (χ4n) is 3.47. The number of hydrogen-bond donors (Lipinski definition) is 2. The molecule has 2 heterocycles. The highest BCUT2D eigenvalue weighted by molar-refractivity contribution is 7.99. The van der Waals surface area contributed by atoms with Crippen molar-refractivity contribution in [2.45, 2.75) is 56.4 Å². The molecular weight excluding hydrogens is 330 g/mol. The number of carboxylic acids is 1. The first kappa shape index (κ1) is 16.8. The monoisotopic (exact) mass is 353 g/mol. The van der Waals surface area contributed by atoms with Gasteiger partial charge in [-0.2, -0.15) is 11.8 Å². The lowest BCUT2D eigenvalue weighted by Gasteiger charge is -2.33. The third kappa shape index (κ3) is 3.74. The van der Waals surface area contributed by atoms with E-state index in [4.69, 9.17) is 0 Å². The zero-order valence-electron chi connectivity index (χ0n) is 13.2. The van der Waals surface area contributed by atoms with Gasteiger partial charge in [-0.15, -0.1) is 11.3 Å². The standard InChI is InChI=1S/C17H23NO3S2/c19-15(18-17(16(20)21)6-8-22-9-7-17)13-10-14(23-11-13)12-4-2-1-3-5-12/h10-12H,1-9H2,(H,18,19)(H,20,21). The van der Waals surface area contributed by atoms with Gasteiger partial charge in [0.15, 0.2) is 0 Å².